The molecule has 0 fully saturated rings. The van der Waals surface area contributed by atoms with Crippen molar-refractivity contribution in [1.29, 1.82) is 0 Å². The molecule has 0 N–H and O–H groups in total. The number of hydrogen-bond donors (Lipinski definition) is 0. The molecule has 0 spiro atoms. The Morgan fingerprint density at radius 3 is 2.64 bits per heavy atom. The average Bonchev–Trinajstić information content (AvgIpc) is 2.32. The van der Waals surface area contributed by atoms with Crippen LogP contribution in [0.15, 0.2) is 10.7 Å². The number of nitrogens with zero attached hydrogens (tertiary/aromatic N) is 1. The first-order chi connectivity index (χ1) is 5.04. The van der Waals surface area contributed by atoms with E-state index in [2.05, 4.69) is 9.40 Å². The van der Waals surface area contributed by atoms with E-state index >= 15 is 0 Å². The van der Waals surface area contributed by atoms with Crippen LogP contribution in [0.25, 0.3) is 0 Å². The molecule has 0 aromatic carbocycles. The van der Waals surface area contributed by atoms with Gasteiger partial charge in [0.1, 0.15) is 12.0 Å². The van der Waals surface area contributed by atoms with Gasteiger partial charge in [0.05, 0.1) is 5.88 Å². The monoisotopic (exact) mass is 181 g/mol. The molecule has 0 radical (unpaired) electrons. The van der Waals surface area contributed by atoms with E-state index in [-0.39, 0.29) is 17.5 Å². The van der Waals surface area contributed by atoms with Gasteiger partial charge < -0.3 is 4.42 Å². The zero-order valence-electron chi connectivity index (χ0n) is 5.77. The van der Waals surface area contributed by atoms with Gasteiger partial charge in [0, 0.05) is 6.92 Å². The van der Waals surface area contributed by atoms with Crippen molar-refractivity contribution < 1.29 is 13.2 Å². The summed E-state index contributed by atoms with van der Waals surface area (Å²) < 4.78 is 29.5. The maximum Gasteiger partial charge on any atom is 0.290 e. The lowest BCUT2D eigenvalue weighted by atomic mass is 10.3. The minimum Gasteiger partial charge on any atom is -0.447 e. The van der Waals surface area contributed by atoms with E-state index in [0.29, 0.717) is 0 Å². The Morgan fingerprint density at radius 1 is 1.73 bits per heavy atom. The molecule has 1 heterocycles. The number of aromatic nitrogens is 1. The highest BCUT2D eigenvalue weighted by Gasteiger charge is 2.28. The van der Waals surface area contributed by atoms with E-state index in [9.17, 15) is 8.78 Å². The minimum atomic E-state index is -2.95. The van der Waals surface area contributed by atoms with Crippen LogP contribution in [-0.4, -0.2) is 4.98 Å². The van der Waals surface area contributed by atoms with Crippen LogP contribution in [0.1, 0.15) is 18.5 Å². The van der Waals surface area contributed by atoms with Crippen LogP contribution < -0.4 is 0 Å². The summed E-state index contributed by atoms with van der Waals surface area (Å²) in [5.41, 5.74) is -0.381. The van der Waals surface area contributed by atoms with Crippen molar-refractivity contribution in [3.05, 3.63) is 17.8 Å². The third-order valence-corrected chi connectivity index (χ3v) is 1.34. The lowest BCUT2D eigenvalue weighted by Gasteiger charge is -2.02. The summed E-state index contributed by atoms with van der Waals surface area (Å²) in [6.07, 6.45) is 0.914. The first-order valence-corrected chi connectivity index (χ1v) is 3.46. The molecule has 62 valence electrons. The highest BCUT2D eigenvalue weighted by atomic mass is 35.5. The molecule has 0 amide bonds. The largest absolute Gasteiger partial charge is 0.447 e. The van der Waals surface area contributed by atoms with Crippen LogP contribution in [0.3, 0.4) is 0 Å². The topological polar surface area (TPSA) is 26.0 Å². The zero-order chi connectivity index (χ0) is 8.48. The number of rotatable bonds is 2. The molecule has 0 aliphatic carbocycles. The van der Waals surface area contributed by atoms with Gasteiger partial charge in [0.15, 0.2) is 0 Å². The van der Waals surface area contributed by atoms with Crippen molar-refractivity contribution in [3.63, 3.8) is 0 Å². The van der Waals surface area contributed by atoms with E-state index in [1.807, 2.05) is 0 Å². The Hall–Kier alpha value is -0.640. The second kappa shape index (κ2) is 2.77. The van der Waals surface area contributed by atoms with E-state index in [1.165, 1.54) is 0 Å². The smallest absolute Gasteiger partial charge is 0.290 e. The third kappa shape index (κ3) is 1.89. The van der Waals surface area contributed by atoms with Crippen molar-refractivity contribution in [2.75, 3.05) is 0 Å². The summed E-state index contributed by atoms with van der Waals surface area (Å²) in [6.45, 7) is 0.753. The summed E-state index contributed by atoms with van der Waals surface area (Å²) in [6, 6.07) is 0. The molecule has 2 nitrogen and oxygen atoms in total. The van der Waals surface area contributed by atoms with Crippen LogP contribution in [0.2, 0.25) is 0 Å². The quantitative estimate of drug-likeness (QED) is 0.656. The molecule has 1 aromatic rings. The molecule has 0 aliphatic rings. The molecule has 11 heavy (non-hydrogen) atoms. The summed E-state index contributed by atoms with van der Waals surface area (Å²) in [4.78, 5) is 3.45. The number of halogens is 3. The van der Waals surface area contributed by atoms with E-state index in [4.69, 9.17) is 11.6 Å². The van der Waals surface area contributed by atoms with Gasteiger partial charge in [-0.1, -0.05) is 0 Å². The van der Waals surface area contributed by atoms with Crippen LogP contribution in [0.5, 0.6) is 0 Å². The summed E-state index contributed by atoms with van der Waals surface area (Å²) in [5, 5.41) is 0. The molecule has 0 saturated carbocycles. The Balaban J connectivity index is 2.89. The lowest BCUT2D eigenvalue weighted by molar-refractivity contribution is 0.0126. The second-order valence-corrected chi connectivity index (χ2v) is 2.42. The second-order valence-electron chi connectivity index (χ2n) is 2.15. The van der Waals surface area contributed by atoms with Gasteiger partial charge in [-0.15, -0.1) is 11.6 Å². The molecule has 0 aliphatic heterocycles. The number of oxazole rings is 1. The first-order valence-electron chi connectivity index (χ1n) is 2.92. The van der Waals surface area contributed by atoms with Crippen molar-refractivity contribution in [2.24, 2.45) is 0 Å². The molecule has 0 saturated heterocycles. The fourth-order valence-electron chi connectivity index (χ4n) is 0.574. The number of alkyl halides is 3. The third-order valence-electron chi connectivity index (χ3n) is 1.12. The van der Waals surface area contributed by atoms with E-state index in [1.54, 1.807) is 0 Å². The Morgan fingerprint density at radius 2 is 2.36 bits per heavy atom. The van der Waals surface area contributed by atoms with Crippen LogP contribution in [0, 0.1) is 0 Å². The predicted molar refractivity (Wildman–Crippen MR) is 35.6 cm³/mol. The minimum absolute atomic E-state index is 0.0100. The van der Waals surface area contributed by atoms with E-state index in [0.717, 1.165) is 13.2 Å². The first kappa shape index (κ1) is 8.46. The Kier molecular flexibility index (Phi) is 2.13. The molecule has 0 bridgehead atoms. The molecular formula is C6H6ClF2NO. The maximum absolute atomic E-state index is 12.4. The molecule has 0 unspecified atom stereocenters. The van der Waals surface area contributed by atoms with Crippen molar-refractivity contribution in [3.8, 4) is 0 Å². The van der Waals surface area contributed by atoms with Crippen molar-refractivity contribution in [1.82, 2.24) is 4.98 Å². The van der Waals surface area contributed by atoms with Gasteiger partial charge in [-0.3, -0.25) is 0 Å². The summed E-state index contributed by atoms with van der Waals surface area (Å²) in [5.74, 6) is -2.83. The predicted octanol–water partition coefficient (Wildman–Crippen LogP) is 2.53. The fraction of sp³-hybridized carbons (Fsp3) is 0.500. The standard InChI is InChI=1S/C6H6ClF2NO/c1-6(8,9)4-3-11-5(2-7)10-4/h3H,2H2,1H3. The Labute approximate surface area is 67.2 Å². The Bertz CT molecular complexity index is 243. The molecule has 1 rings (SSSR count). The van der Waals surface area contributed by atoms with Gasteiger partial charge in [-0.25, -0.2) is 4.98 Å². The molecular weight excluding hydrogens is 176 g/mol. The number of hydrogen-bond acceptors (Lipinski definition) is 2. The highest BCUT2D eigenvalue weighted by Crippen LogP contribution is 2.25. The van der Waals surface area contributed by atoms with Crippen molar-refractivity contribution >= 4 is 11.6 Å². The zero-order valence-corrected chi connectivity index (χ0v) is 6.53. The fourth-order valence-corrected chi connectivity index (χ4v) is 0.697. The molecule has 0 atom stereocenters. The maximum atomic E-state index is 12.4. The normalized spacial score (nSPS) is 12.0. The molecule has 5 heteroatoms. The van der Waals surface area contributed by atoms with Gasteiger partial charge in [0.25, 0.3) is 5.92 Å². The molecule has 1 aromatic heterocycles. The summed E-state index contributed by atoms with van der Waals surface area (Å²) >= 11 is 5.29. The van der Waals surface area contributed by atoms with Crippen LogP contribution >= 0.6 is 11.6 Å². The van der Waals surface area contributed by atoms with Gasteiger partial charge in [-0.05, 0) is 0 Å². The van der Waals surface area contributed by atoms with Gasteiger partial charge in [-0.2, -0.15) is 8.78 Å². The van der Waals surface area contributed by atoms with Crippen molar-refractivity contribution in [2.45, 2.75) is 18.7 Å². The van der Waals surface area contributed by atoms with Gasteiger partial charge in [0.2, 0.25) is 5.89 Å². The van der Waals surface area contributed by atoms with Gasteiger partial charge >= 0.3 is 0 Å². The highest BCUT2D eigenvalue weighted by molar-refractivity contribution is 6.16. The SMILES string of the molecule is CC(F)(F)c1coc(CCl)n1. The van der Waals surface area contributed by atoms with Crippen LogP contribution in [-0.2, 0) is 11.8 Å². The van der Waals surface area contributed by atoms with Crippen LogP contribution in [0.4, 0.5) is 8.78 Å². The summed E-state index contributed by atoms with van der Waals surface area (Å²) in [7, 11) is 0. The average molecular weight is 182 g/mol. The lowest BCUT2D eigenvalue weighted by Crippen LogP contribution is -2.07. The van der Waals surface area contributed by atoms with E-state index < -0.39 is 5.92 Å².